The number of hydrogen-bond donors (Lipinski definition) is 0. The second-order valence-corrected chi connectivity index (χ2v) is 5.81. The molecule has 1 amide bonds. The van der Waals surface area contributed by atoms with E-state index < -0.39 is 0 Å². The van der Waals surface area contributed by atoms with E-state index >= 15 is 0 Å². The van der Waals surface area contributed by atoms with Crippen LogP contribution in [0.2, 0.25) is 0 Å². The highest BCUT2D eigenvalue weighted by Gasteiger charge is 2.21. The summed E-state index contributed by atoms with van der Waals surface area (Å²) in [5.74, 6) is 0.154. The Labute approximate surface area is 117 Å². The van der Waals surface area contributed by atoms with Crippen molar-refractivity contribution in [3.05, 3.63) is 33.3 Å². The Morgan fingerprint density at radius 2 is 1.61 bits per heavy atom. The van der Waals surface area contributed by atoms with Gasteiger partial charge in [0.1, 0.15) is 0 Å². The van der Waals surface area contributed by atoms with Crippen molar-refractivity contribution < 1.29 is 4.79 Å². The molecule has 0 radical (unpaired) electrons. The fourth-order valence-electron chi connectivity index (χ4n) is 2.26. The van der Waals surface area contributed by atoms with Crippen LogP contribution in [0.3, 0.4) is 0 Å². The lowest BCUT2D eigenvalue weighted by Gasteiger charge is -2.32. The molecule has 4 heteroatoms. The molecule has 2 rings (SSSR count). The summed E-state index contributed by atoms with van der Waals surface area (Å²) >= 11 is 3.53. The summed E-state index contributed by atoms with van der Waals surface area (Å²) in [5.41, 5.74) is 3.04. The van der Waals surface area contributed by atoms with Crippen molar-refractivity contribution in [1.29, 1.82) is 0 Å². The summed E-state index contributed by atoms with van der Waals surface area (Å²) in [6.07, 6.45) is 0. The summed E-state index contributed by atoms with van der Waals surface area (Å²) in [7, 11) is 2.09. The number of aryl methyl sites for hydroxylation is 2. The summed E-state index contributed by atoms with van der Waals surface area (Å²) in [6, 6.07) is 3.94. The molecule has 0 atom stereocenters. The number of halogens is 1. The Morgan fingerprint density at radius 1 is 1.11 bits per heavy atom. The SMILES string of the molecule is Cc1cc(C(=O)N2CCN(C)CC2)cc(C)c1Br. The molecule has 1 fully saturated rings. The van der Waals surface area contributed by atoms with Gasteiger partial charge < -0.3 is 9.80 Å². The standard InChI is InChI=1S/C14H19BrN2O/c1-10-8-12(9-11(2)13(10)15)14(18)17-6-4-16(3)5-7-17/h8-9H,4-7H2,1-3H3. The number of benzene rings is 1. The number of piperazine rings is 1. The lowest BCUT2D eigenvalue weighted by atomic mass is 10.1. The van der Waals surface area contributed by atoms with Crippen LogP contribution in [0.15, 0.2) is 16.6 Å². The van der Waals surface area contributed by atoms with Crippen LogP contribution in [0.5, 0.6) is 0 Å². The van der Waals surface area contributed by atoms with Gasteiger partial charge >= 0.3 is 0 Å². The molecule has 0 bridgehead atoms. The minimum absolute atomic E-state index is 0.154. The molecule has 0 unspecified atom stereocenters. The number of carbonyl (C=O) groups is 1. The fraction of sp³-hybridized carbons (Fsp3) is 0.500. The lowest BCUT2D eigenvalue weighted by Crippen LogP contribution is -2.47. The van der Waals surface area contributed by atoms with Gasteiger partial charge in [-0.2, -0.15) is 0 Å². The summed E-state index contributed by atoms with van der Waals surface area (Å²) in [4.78, 5) is 16.6. The van der Waals surface area contributed by atoms with Gasteiger partial charge in [0.25, 0.3) is 5.91 Å². The molecule has 1 aromatic rings. The van der Waals surface area contributed by atoms with Crippen LogP contribution in [0, 0.1) is 13.8 Å². The van der Waals surface area contributed by atoms with E-state index in [1.54, 1.807) is 0 Å². The van der Waals surface area contributed by atoms with Crippen molar-refractivity contribution in [2.75, 3.05) is 33.2 Å². The molecule has 18 heavy (non-hydrogen) atoms. The molecular weight excluding hydrogens is 292 g/mol. The lowest BCUT2D eigenvalue weighted by molar-refractivity contribution is 0.0664. The van der Waals surface area contributed by atoms with E-state index in [1.807, 2.05) is 30.9 Å². The average molecular weight is 311 g/mol. The molecule has 0 aliphatic carbocycles. The second-order valence-electron chi connectivity index (χ2n) is 5.02. The van der Waals surface area contributed by atoms with Crippen LogP contribution in [0.4, 0.5) is 0 Å². The zero-order chi connectivity index (χ0) is 13.3. The van der Waals surface area contributed by atoms with Crippen LogP contribution < -0.4 is 0 Å². The second kappa shape index (κ2) is 5.41. The zero-order valence-electron chi connectivity index (χ0n) is 11.2. The molecule has 98 valence electrons. The Hall–Kier alpha value is -0.870. The van der Waals surface area contributed by atoms with E-state index in [9.17, 15) is 4.79 Å². The van der Waals surface area contributed by atoms with Crippen LogP contribution in [-0.2, 0) is 0 Å². The van der Waals surface area contributed by atoms with E-state index in [2.05, 4.69) is 27.9 Å². The minimum atomic E-state index is 0.154. The Morgan fingerprint density at radius 3 is 2.11 bits per heavy atom. The monoisotopic (exact) mass is 310 g/mol. The predicted molar refractivity (Wildman–Crippen MR) is 77.0 cm³/mol. The van der Waals surface area contributed by atoms with Crippen molar-refractivity contribution in [2.24, 2.45) is 0 Å². The third-order valence-electron chi connectivity index (χ3n) is 3.47. The molecule has 1 aliphatic heterocycles. The van der Waals surface area contributed by atoms with Gasteiger partial charge in [-0.25, -0.2) is 0 Å². The smallest absolute Gasteiger partial charge is 0.253 e. The maximum atomic E-state index is 12.4. The van der Waals surface area contributed by atoms with Crippen LogP contribution in [-0.4, -0.2) is 48.9 Å². The topological polar surface area (TPSA) is 23.6 Å². The zero-order valence-corrected chi connectivity index (χ0v) is 12.7. The molecule has 0 saturated carbocycles. The van der Waals surface area contributed by atoms with Gasteiger partial charge in [0.15, 0.2) is 0 Å². The van der Waals surface area contributed by atoms with Crippen LogP contribution in [0.1, 0.15) is 21.5 Å². The van der Waals surface area contributed by atoms with Gasteiger partial charge in [0.2, 0.25) is 0 Å². The molecule has 1 aromatic carbocycles. The van der Waals surface area contributed by atoms with Gasteiger partial charge in [0, 0.05) is 36.2 Å². The highest BCUT2D eigenvalue weighted by molar-refractivity contribution is 9.10. The van der Waals surface area contributed by atoms with Crippen molar-refractivity contribution in [1.82, 2.24) is 9.80 Å². The Bertz CT molecular complexity index is 442. The van der Waals surface area contributed by atoms with E-state index in [-0.39, 0.29) is 5.91 Å². The summed E-state index contributed by atoms with van der Waals surface area (Å²) in [5, 5.41) is 0. The van der Waals surface area contributed by atoms with Gasteiger partial charge in [-0.3, -0.25) is 4.79 Å². The molecule has 0 N–H and O–H groups in total. The Balaban J connectivity index is 2.19. The van der Waals surface area contributed by atoms with Crippen molar-refractivity contribution in [3.8, 4) is 0 Å². The average Bonchev–Trinajstić information content (AvgIpc) is 2.35. The summed E-state index contributed by atoms with van der Waals surface area (Å²) in [6.45, 7) is 7.61. The van der Waals surface area contributed by atoms with Gasteiger partial charge in [-0.15, -0.1) is 0 Å². The summed E-state index contributed by atoms with van der Waals surface area (Å²) < 4.78 is 1.09. The first-order valence-electron chi connectivity index (χ1n) is 6.23. The molecule has 1 heterocycles. The molecule has 3 nitrogen and oxygen atoms in total. The fourth-order valence-corrected chi connectivity index (χ4v) is 2.49. The van der Waals surface area contributed by atoms with Crippen molar-refractivity contribution in [2.45, 2.75) is 13.8 Å². The largest absolute Gasteiger partial charge is 0.336 e. The third-order valence-corrected chi connectivity index (χ3v) is 4.72. The number of rotatable bonds is 1. The van der Waals surface area contributed by atoms with Gasteiger partial charge in [-0.05, 0) is 44.2 Å². The molecule has 0 aromatic heterocycles. The van der Waals surface area contributed by atoms with E-state index in [1.165, 1.54) is 0 Å². The molecular formula is C14H19BrN2O. The Kier molecular flexibility index (Phi) is 4.07. The minimum Gasteiger partial charge on any atom is -0.336 e. The maximum absolute atomic E-state index is 12.4. The van der Waals surface area contributed by atoms with Gasteiger partial charge in [0.05, 0.1) is 0 Å². The quantitative estimate of drug-likeness (QED) is 0.795. The van der Waals surface area contributed by atoms with Crippen molar-refractivity contribution >= 4 is 21.8 Å². The number of carbonyl (C=O) groups excluding carboxylic acids is 1. The third kappa shape index (κ3) is 2.75. The molecule has 0 spiro atoms. The molecule has 1 saturated heterocycles. The van der Waals surface area contributed by atoms with E-state index in [4.69, 9.17) is 0 Å². The molecule has 1 aliphatic rings. The van der Waals surface area contributed by atoms with Crippen LogP contribution in [0.25, 0.3) is 0 Å². The normalized spacial score (nSPS) is 17.0. The van der Waals surface area contributed by atoms with E-state index in [0.717, 1.165) is 47.3 Å². The first-order valence-corrected chi connectivity index (χ1v) is 7.03. The number of amides is 1. The van der Waals surface area contributed by atoms with Crippen molar-refractivity contribution in [3.63, 3.8) is 0 Å². The number of nitrogens with zero attached hydrogens (tertiary/aromatic N) is 2. The first-order chi connectivity index (χ1) is 8.49. The maximum Gasteiger partial charge on any atom is 0.253 e. The van der Waals surface area contributed by atoms with E-state index in [0.29, 0.717) is 0 Å². The van der Waals surface area contributed by atoms with Gasteiger partial charge in [-0.1, -0.05) is 15.9 Å². The highest BCUT2D eigenvalue weighted by atomic mass is 79.9. The highest BCUT2D eigenvalue weighted by Crippen LogP contribution is 2.23. The number of likely N-dealkylation sites (N-methyl/N-ethyl adjacent to an activating group) is 1. The van der Waals surface area contributed by atoms with Crippen LogP contribution >= 0.6 is 15.9 Å². The first kappa shape index (κ1) is 13.6. The predicted octanol–water partition coefficient (Wildman–Crippen LogP) is 2.45. The number of hydrogen-bond acceptors (Lipinski definition) is 2.